The molecule has 4 nitrogen and oxygen atoms in total. The standard InChI is InChI=1S/C10H9NO3/c1-14-9-5-7-6(10(12)13)3-2-4-8(7)11-9/h2-5,11H,1H3,(H,12,13). The van der Waals surface area contributed by atoms with Crippen molar-refractivity contribution in [1.29, 1.82) is 0 Å². The van der Waals surface area contributed by atoms with Gasteiger partial charge in [-0.1, -0.05) is 6.07 Å². The van der Waals surface area contributed by atoms with E-state index in [0.717, 1.165) is 5.52 Å². The van der Waals surface area contributed by atoms with Crippen LogP contribution in [0.3, 0.4) is 0 Å². The summed E-state index contributed by atoms with van der Waals surface area (Å²) in [7, 11) is 1.53. The molecule has 0 aliphatic heterocycles. The third kappa shape index (κ3) is 1.21. The minimum Gasteiger partial charge on any atom is -0.482 e. The Morgan fingerprint density at radius 2 is 2.29 bits per heavy atom. The summed E-state index contributed by atoms with van der Waals surface area (Å²) in [6.07, 6.45) is 0. The molecule has 0 unspecified atom stereocenters. The van der Waals surface area contributed by atoms with Gasteiger partial charge in [-0.2, -0.15) is 0 Å². The van der Waals surface area contributed by atoms with Crippen molar-refractivity contribution in [2.24, 2.45) is 0 Å². The van der Waals surface area contributed by atoms with Crippen LogP contribution in [0.2, 0.25) is 0 Å². The Bertz CT molecular complexity index is 487. The molecule has 0 saturated carbocycles. The van der Waals surface area contributed by atoms with E-state index in [-0.39, 0.29) is 5.56 Å². The molecule has 0 spiro atoms. The molecule has 4 heteroatoms. The Morgan fingerprint density at radius 3 is 2.93 bits per heavy atom. The van der Waals surface area contributed by atoms with Gasteiger partial charge >= 0.3 is 5.97 Å². The van der Waals surface area contributed by atoms with Crippen molar-refractivity contribution in [2.75, 3.05) is 7.11 Å². The Labute approximate surface area is 80.1 Å². The topological polar surface area (TPSA) is 62.3 Å². The van der Waals surface area contributed by atoms with Gasteiger partial charge in [0, 0.05) is 17.0 Å². The van der Waals surface area contributed by atoms with Crippen molar-refractivity contribution in [3.8, 4) is 5.88 Å². The van der Waals surface area contributed by atoms with E-state index < -0.39 is 5.97 Å². The molecule has 0 aliphatic rings. The fourth-order valence-corrected chi connectivity index (χ4v) is 1.43. The first-order valence-corrected chi connectivity index (χ1v) is 4.11. The van der Waals surface area contributed by atoms with E-state index in [2.05, 4.69) is 4.98 Å². The van der Waals surface area contributed by atoms with Crippen molar-refractivity contribution >= 4 is 16.9 Å². The van der Waals surface area contributed by atoms with Crippen LogP contribution in [0.4, 0.5) is 0 Å². The number of ether oxygens (including phenoxy) is 1. The van der Waals surface area contributed by atoms with Crippen LogP contribution >= 0.6 is 0 Å². The first kappa shape index (κ1) is 8.62. The number of carboxylic acids is 1. The van der Waals surface area contributed by atoms with Gasteiger partial charge in [0.15, 0.2) is 5.88 Å². The summed E-state index contributed by atoms with van der Waals surface area (Å²) < 4.78 is 4.99. The minimum absolute atomic E-state index is 0.280. The Morgan fingerprint density at radius 1 is 1.50 bits per heavy atom. The number of rotatable bonds is 2. The summed E-state index contributed by atoms with van der Waals surface area (Å²) in [5, 5.41) is 9.57. The average Bonchev–Trinajstić information content (AvgIpc) is 2.59. The Hall–Kier alpha value is -1.97. The molecule has 0 bridgehead atoms. The van der Waals surface area contributed by atoms with E-state index in [1.54, 1.807) is 18.2 Å². The van der Waals surface area contributed by atoms with Gasteiger partial charge in [0.25, 0.3) is 0 Å². The number of aromatic amines is 1. The molecule has 0 amide bonds. The van der Waals surface area contributed by atoms with Crippen molar-refractivity contribution in [1.82, 2.24) is 4.98 Å². The van der Waals surface area contributed by atoms with Crippen molar-refractivity contribution in [2.45, 2.75) is 0 Å². The van der Waals surface area contributed by atoms with Crippen LogP contribution in [-0.2, 0) is 0 Å². The highest BCUT2D eigenvalue weighted by atomic mass is 16.5. The van der Waals surface area contributed by atoms with Crippen LogP contribution in [0.5, 0.6) is 5.88 Å². The summed E-state index contributed by atoms with van der Waals surface area (Å²) in [5.41, 5.74) is 1.05. The number of aromatic nitrogens is 1. The molecule has 2 aromatic rings. The largest absolute Gasteiger partial charge is 0.482 e. The zero-order valence-electron chi connectivity index (χ0n) is 7.57. The number of fused-ring (bicyclic) bond motifs is 1. The molecule has 0 saturated heterocycles. The lowest BCUT2D eigenvalue weighted by Crippen LogP contribution is -1.95. The summed E-state index contributed by atoms with van der Waals surface area (Å²) in [4.78, 5) is 13.8. The zero-order valence-corrected chi connectivity index (χ0v) is 7.57. The molecule has 72 valence electrons. The SMILES string of the molecule is COc1cc2c(C(=O)O)cccc2[nH]1. The molecule has 2 rings (SSSR count). The van der Waals surface area contributed by atoms with Gasteiger partial charge in [0.2, 0.25) is 0 Å². The van der Waals surface area contributed by atoms with Crippen LogP contribution in [0.25, 0.3) is 10.9 Å². The third-order valence-corrected chi connectivity index (χ3v) is 2.09. The number of aromatic carboxylic acids is 1. The molecule has 1 aromatic carbocycles. The van der Waals surface area contributed by atoms with Crippen LogP contribution in [0.1, 0.15) is 10.4 Å². The molecule has 1 heterocycles. The first-order chi connectivity index (χ1) is 6.72. The van der Waals surface area contributed by atoms with E-state index >= 15 is 0 Å². The van der Waals surface area contributed by atoms with Crippen LogP contribution < -0.4 is 4.74 Å². The average molecular weight is 191 g/mol. The number of H-pyrrole nitrogens is 1. The highest BCUT2D eigenvalue weighted by Crippen LogP contribution is 2.23. The number of benzene rings is 1. The molecule has 0 atom stereocenters. The summed E-state index contributed by atoms with van der Waals surface area (Å²) in [5.74, 6) is -0.369. The fourth-order valence-electron chi connectivity index (χ4n) is 1.43. The lowest BCUT2D eigenvalue weighted by molar-refractivity contribution is 0.0699. The summed E-state index contributed by atoms with van der Waals surface area (Å²) in [6.45, 7) is 0. The quantitative estimate of drug-likeness (QED) is 0.761. The Balaban J connectivity index is 2.73. The second kappa shape index (κ2) is 3.06. The van der Waals surface area contributed by atoms with Crippen LogP contribution in [0.15, 0.2) is 24.3 Å². The summed E-state index contributed by atoms with van der Waals surface area (Å²) in [6, 6.07) is 6.75. The van der Waals surface area contributed by atoms with Gasteiger partial charge < -0.3 is 14.8 Å². The third-order valence-electron chi connectivity index (χ3n) is 2.09. The maximum absolute atomic E-state index is 10.9. The van der Waals surface area contributed by atoms with Gasteiger partial charge in [-0.15, -0.1) is 0 Å². The number of hydrogen-bond acceptors (Lipinski definition) is 2. The number of hydrogen-bond donors (Lipinski definition) is 2. The predicted molar refractivity (Wildman–Crippen MR) is 51.8 cm³/mol. The maximum Gasteiger partial charge on any atom is 0.336 e. The predicted octanol–water partition coefficient (Wildman–Crippen LogP) is 1.87. The van der Waals surface area contributed by atoms with Crippen molar-refractivity contribution in [3.05, 3.63) is 29.8 Å². The molecule has 14 heavy (non-hydrogen) atoms. The highest BCUT2D eigenvalue weighted by Gasteiger charge is 2.10. The van der Waals surface area contributed by atoms with Crippen LogP contribution in [0, 0.1) is 0 Å². The van der Waals surface area contributed by atoms with Crippen molar-refractivity contribution in [3.63, 3.8) is 0 Å². The molecular weight excluding hydrogens is 182 g/mol. The van der Waals surface area contributed by atoms with Gasteiger partial charge in [-0.25, -0.2) is 4.79 Å². The van der Waals surface area contributed by atoms with Gasteiger partial charge in [-0.3, -0.25) is 0 Å². The molecule has 1 aromatic heterocycles. The number of carbonyl (C=O) groups is 1. The second-order valence-corrected chi connectivity index (χ2v) is 2.91. The summed E-state index contributed by atoms with van der Waals surface area (Å²) >= 11 is 0. The molecule has 0 aliphatic carbocycles. The molecule has 2 N–H and O–H groups in total. The fraction of sp³-hybridized carbons (Fsp3) is 0.100. The van der Waals surface area contributed by atoms with E-state index in [1.165, 1.54) is 7.11 Å². The normalized spacial score (nSPS) is 10.4. The monoisotopic (exact) mass is 191 g/mol. The number of nitrogens with one attached hydrogen (secondary N) is 1. The highest BCUT2D eigenvalue weighted by molar-refractivity contribution is 6.03. The maximum atomic E-state index is 10.9. The molecule has 0 radical (unpaired) electrons. The van der Waals surface area contributed by atoms with Gasteiger partial charge in [0.05, 0.1) is 12.7 Å². The van der Waals surface area contributed by atoms with Crippen LogP contribution in [-0.4, -0.2) is 23.2 Å². The lowest BCUT2D eigenvalue weighted by atomic mass is 10.1. The van der Waals surface area contributed by atoms with E-state index in [0.29, 0.717) is 11.3 Å². The van der Waals surface area contributed by atoms with Gasteiger partial charge in [0.1, 0.15) is 0 Å². The molecular formula is C10H9NO3. The van der Waals surface area contributed by atoms with Crippen molar-refractivity contribution < 1.29 is 14.6 Å². The van der Waals surface area contributed by atoms with E-state index in [9.17, 15) is 4.79 Å². The lowest BCUT2D eigenvalue weighted by Gasteiger charge is -1.94. The van der Waals surface area contributed by atoms with E-state index in [1.807, 2.05) is 6.07 Å². The minimum atomic E-state index is -0.933. The number of methoxy groups -OCH3 is 1. The number of carboxylic acid groups (broad SMARTS) is 1. The van der Waals surface area contributed by atoms with Gasteiger partial charge in [-0.05, 0) is 12.1 Å². The molecule has 0 fully saturated rings. The second-order valence-electron chi connectivity index (χ2n) is 2.91. The zero-order chi connectivity index (χ0) is 10.1. The first-order valence-electron chi connectivity index (χ1n) is 4.11. The smallest absolute Gasteiger partial charge is 0.336 e. The Kier molecular flexibility index (Phi) is 1.89. The van der Waals surface area contributed by atoms with E-state index in [4.69, 9.17) is 9.84 Å².